The molecule has 1 aromatic heterocycles. The average Bonchev–Trinajstić information content (AvgIpc) is 3.18. The molecule has 12 heteroatoms. The van der Waals surface area contributed by atoms with Gasteiger partial charge in [0.1, 0.15) is 5.82 Å². The monoisotopic (exact) mass is 569 g/mol. The van der Waals surface area contributed by atoms with Gasteiger partial charge < -0.3 is 4.90 Å². The molecule has 0 amide bonds. The summed E-state index contributed by atoms with van der Waals surface area (Å²) in [6.45, 7) is 3.29. The average molecular weight is 570 g/mol. The Bertz CT molecular complexity index is 1400. The van der Waals surface area contributed by atoms with Gasteiger partial charge in [-0.15, -0.1) is 10.2 Å². The van der Waals surface area contributed by atoms with E-state index in [0.29, 0.717) is 55.7 Å². The van der Waals surface area contributed by atoms with Crippen molar-refractivity contribution in [1.82, 2.24) is 19.7 Å². The minimum absolute atomic E-state index is 0.0653. The summed E-state index contributed by atoms with van der Waals surface area (Å²) in [5, 5.41) is 9.49. The third-order valence-electron chi connectivity index (χ3n) is 8.26. The van der Waals surface area contributed by atoms with E-state index < -0.39 is 29.0 Å². The number of hydrogen-bond acceptors (Lipinski definition) is 4. The highest BCUT2D eigenvalue weighted by molar-refractivity contribution is 6.30. The maximum Gasteiger partial charge on any atom is 0.419 e. The summed E-state index contributed by atoms with van der Waals surface area (Å²) in [5.74, 6) is -2.70. The second-order valence-electron chi connectivity index (χ2n) is 11.0. The van der Waals surface area contributed by atoms with Crippen LogP contribution >= 0.6 is 11.6 Å². The first-order valence-electron chi connectivity index (χ1n) is 12.8. The maximum absolute atomic E-state index is 14.8. The maximum atomic E-state index is 14.8. The van der Waals surface area contributed by atoms with Gasteiger partial charge >= 0.3 is 6.18 Å². The van der Waals surface area contributed by atoms with Crippen molar-refractivity contribution in [3.8, 4) is 5.69 Å². The molecule has 0 unspecified atom stereocenters. The lowest BCUT2D eigenvalue weighted by Gasteiger charge is -2.51. The van der Waals surface area contributed by atoms with Crippen LogP contribution < -0.4 is 4.90 Å². The molecule has 0 spiro atoms. The summed E-state index contributed by atoms with van der Waals surface area (Å²) in [6, 6.07) is 8.81. The number of nitrogens with zero attached hydrogens (tertiary/aromatic N) is 5. The van der Waals surface area contributed by atoms with Gasteiger partial charge in [0, 0.05) is 49.0 Å². The zero-order chi connectivity index (χ0) is 27.7. The Morgan fingerprint density at radius 3 is 2.36 bits per heavy atom. The second kappa shape index (κ2) is 9.12. The highest BCUT2D eigenvalue weighted by Gasteiger charge is 2.57. The van der Waals surface area contributed by atoms with Gasteiger partial charge in [-0.3, -0.25) is 9.47 Å². The SMILES string of the molecule is CC1(N2Cc3cc(Cl)ccc3-n3c(nnc3C3CCN(c4cccc(C(F)(F)F)c4F)CC3)C2)CC(F)(F)C1. The normalized spacial score (nSPS) is 21.2. The fraction of sp³-hybridized carbons (Fsp3) is 0.481. The Kier molecular flexibility index (Phi) is 6.18. The molecule has 1 saturated carbocycles. The van der Waals surface area contributed by atoms with E-state index in [2.05, 4.69) is 10.2 Å². The highest BCUT2D eigenvalue weighted by atomic mass is 35.5. The molecule has 1 saturated heterocycles. The highest BCUT2D eigenvalue weighted by Crippen LogP contribution is 2.50. The molecule has 3 aromatic rings. The number of piperidine rings is 1. The van der Waals surface area contributed by atoms with Gasteiger partial charge in [0.25, 0.3) is 5.92 Å². The third-order valence-corrected chi connectivity index (χ3v) is 8.49. The summed E-state index contributed by atoms with van der Waals surface area (Å²) in [6.07, 6.45) is -4.17. The number of hydrogen-bond donors (Lipinski definition) is 0. The predicted octanol–water partition coefficient (Wildman–Crippen LogP) is 6.97. The minimum atomic E-state index is -4.77. The van der Waals surface area contributed by atoms with Gasteiger partial charge in [-0.1, -0.05) is 17.7 Å². The van der Waals surface area contributed by atoms with E-state index in [0.717, 1.165) is 17.3 Å². The summed E-state index contributed by atoms with van der Waals surface area (Å²) < 4.78 is 84.2. The van der Waals surface area contributed by atoms with Crippen molar-refractivity contribution in [3.05, 3.63) is 70.0 Å². The second-order valence-corrected chi connectivity index (χ2v) is 11.5. The minimum Gasteiger partial charge on any atom is -0.369 e. The van der Waals surface area contributed by atoms with Crippen molar-refractivity contribution >= 4 is 17.3 Å². The van der Waals surface area contributed by atoms with Gasteiger partial charge in [-0.25, -0.2) is 13.2 Å². The van der Waals surface area contributed by atoms with Crippen molar-refractivity contribution in [3.63, 3.8) is 0 Å². The first-order valence-corrected chi connectivity index (χ1v) is 13.2. The van der Waals surface area contributed by atoms with Gasteiger partial charge in [-0.2, -0.15) is 13.2 Å². The van der Waals surface area contributed by atoms with E-state index in [1.54, 1.807) is 11.0 Å². The molecule has 2 aromatic carbocycles. The van der Waals surface area contributed by atoms with E-state index in [9.17, 15) is 26.3 Å². The van der Waals surface area contributed by atoms with Crippen molar-refractivity contribution < 1.29 is 26.3 Å². The molecule has 1 aliphatic carbocycles. The fourth-order valence-corrected chi connectivity index (χ4v) is 6.51. The lowest BCUT2D eigenvalue weighted by Crippen LogP contribution is -2.59. The van der Waals surface area contributed by atoms with Crippen LogP contribution in [0.25, 0.3) is 5.69 Å². The van der Waals surface area contributed by atoms with Crippen molar-refractivity contribution in [2.24, 2.45) is 0 Å². The standard InChI is InChI=1S/C27H26ClF6N5/c1-25(14-26(30,31)15-25)38-12-17-11-18(28)5-6-20(17)39-22(13-38)35-36-24(39)16-7-9-37(10-8-16)21-4-2-3-19(23(21)29)27(32,33)34/h2-6,11,16H,7-10,12-15H2,1H3. The first-order chi connectivity index (χ1) is 18.3. The molecule has 0 N–H and O–H groups in total. The molecule has 3 heterocycles. The smallest absolute Gasteiger partial charge is 0.369 e. The zero-order valence-corrected chi connectivity index (χ0v) is 21.8. The van der Waals surface area contributed by atoms with E-state index in [-0.39, 0.29) is 24.4 Å². The van der Waals surface area contributed by atoms with Crippen LogP contribution in [0.15, 0.2) is 36.4 Å². The van der Waals surface area contributed by atoms with Crippen molar-refractivity contribution in [1.29, 1.82) is 0 Å². The molecule has 2 fully saturated rings. The van der Waals surface area contributed by atoms with Gasteiger partial charge in [-0.05, 0) is 55.7 Å². The quantitative estimate of drug-likeness (QED) is 0.319. The Hall–Kier alpha value is -2.79. The molecule has 2 aliphatic heterocycles. The first kappa shape index (κ1) is 26.4. The number of rotatable bonds is 3. The summed E-state index contributed by atoms with van der Waals surface area (Å²) in [4.78, 5) is 3.64. The molecule has 6 rings (SSSR count). The number of alkyl halides is 5. The molecule has 0 atom stereocenters. The summed E-state index contributed by atoms with van der Waals surface area (Å²) in [7, 11) is 0. The third kappa shape index (κ3) is 4.67. The van der Waals surface area contributed by atoms with Gasteiger partial charge in [0.05, 0.1) is 23.5 Å². The van der Waals surface area contributed by atoms with Crippen LogP contribution in [-0.2, 0) is 19.3 Å². The number of aromatic nitrogens is 3. The number of benzene rings is 2. The molecular formula is C27H26ClF6N5. The Balaban J connectivity index is 1.28. The zero-order valence-electron chi connectivity index (χ0n) is 21.1. The van der Waals surface area contributed by atoms with Crippen LogP contribution in [0.1, 0.15) is 61.3 Å². The van der Waals surface area contributed by atoms with E-state index in [1.165, 1.54) is 12.1 Å². The van der Waals surface area contributed by atoms with E-state index in [1.807, 2.05) is 28.5 Å². The predicted molar refractivity (Wildman–Crippen MR) is 134 cm³/mol. The number of anilines is 1. The van der Waals surface area contributed by atoms with Crippen molar-refractivity contribution in [2.45, 2.75) is 69.3 Å². The Morgan fingerprint density at radius 2 is 1.69 bits per heavy atom. The van der Waals surface area contributed by atoms with Crippen molar-refractivity contribution in [2.75, 3.05) is 18.0 Å². The molecule has 208 valence electrons. The lowest BCUT2D eigenvalue weighted by molar-refractivity contribution is -0.173. The van der Waals surface area contributed by atoms with Crippen LogP contribution in [0.2, 0.25) is 5.02 Å². The largest absolute Gasteiger partial charge is 0.419 e. The molecule has 0 radical (unpaired) electrons. The molecular weight excluding hydrogens is 544 g/mol. The topological polar surface area (TPSA) is 37.2 Å². The van der Waals surface area contributed by atoms with Crippen LogP contribution in [0.4, 0.5) is 32.0 Å². The van der Waals surface area contributed by atoms with E-state index in [4.69, 9.17) is 11.6 Å². The molecule has 0 bridgehead atoms. The van der Waals surface area contributed by atoms with Crippen LogP contribution in [0.3, 0.4) is 0 Å². The summed E-state index contributed by atoms with van der Waals surface area (Å²) >= 11 is 6.32. The number of fused-ring (bicyclic) bond motifs is 3. The molecule has 39 heavy (non-hydrogen) atoms. The van der Waals surface area contributed by atoms with Crippen LogP contribution in [0, 0.1) is 5.82 Å². The fourth-order valence-electron chi connectivity index (χ4n) is 6.32. The Labute approximate surface area is 226 Å². The van der Waals surface area contributed by atoms with Gasteiger partial charge in [0.2, 0.25) is 0 Å². The lowest BCUT2D eigenvalue weighted by atomic mass is 9.73. The van der Waals surface area contributed by atoms with Crippen LogP contribution in [-0.4, -0.2) is 44.2 Å². The van der Waals surface area contributed by atoms with E-state index >= 15 is 0 Å². The van der Waals surface area contributed by atoms with Crippen LogP contribution in [0.5, 0.6) is 0 Å². The molecule has 5 nitrogen and oxygen atoms in total. The van der Waals surface area contributed by atoms with Gasteiger partial charge in [0.15, 0.2) is 11.6 Å². The number of halogens is 7. The Morgan fingerprint density at radius 1 is 0.974 bits per heavy atom. The summed E-state index contributed by atoms with van der Waals surface area (Å²) in [5.41, 5.74) is -0.322. The molecule has 3 aliphatic rings.